The van der Waals surface area contributed by atoms with Crippen LogP contribution in [0.1, 0.15) is 41.8 Å². The predicted molar refractivity (Wildman–Crippen MR) is 71.3 cm³/mol. The van der Waals surface area contributed by atoms with Gasteiger partial charge in [0.15, 0.2) is 5.78 Å². The number of alkyl halides is 1. The standard InChI is InChI=1S/C14H19ClO2/c1-5-8-17-14-10(3)7-6-9(2)12(14)13(16)11(4)15/h6-7,11H,5,8H2,1-4H3. The molecule has 1 unspecified atom stereocenters. The van der Waals surface area contributed by atoms with E-state index in [9.17, 15) is 4.79 Å². The first-order chi connectivity index (χ1) is 7.99. The van der Waals surface area contributed by atoms with E-state index in [2.05, 4.69) is 0 Å². The molecule has 0 spiro atoms. The number of ketones is 1. The van der Waals surface area contributed by atoms with Gasteiger partial charge in [0.25, 0.3) is 0 Å². The van der Waals surface area contributed by atoms with Gasteiger partial charge in [0, 0.05) is 0 Å². The second-order valence-electron chi connectivity index (χ2n) is 4.23. The van der Waals surface area contributed by atoms with E-state index in [1.165, 1.54) is 0 Å². The van der Waals surface area contributed by atoms with E-state index >= 15 is 0 Å². The van der Waals surface area contributed by atoms with Crippen molar-refractivity contribution in [3.63, 3.8) is 0 Å². The zero-order valence-corrected chi connectivity index (χ0v) is 11.6. The Morgan fingerprint density at radius 2 is 1.94 bits per heavy atom. The maximum Gasteiger partial charge on any atom is 0.184 e. The quantitative estimate of drug-likeness (QED) is 0.588. The summed E-state index contributed by atoms with van der Waals surface area (Å²) in [4.78, 5) is 12.1. The first-order valence-electron chi connectivity index (χ1n) is 5.90. The molecule has 0 saturated heterocycles. The average molecular weight is 255 g/mol. The molecule has 0 N–H and O–H groups in total. The molecular formula is C14H19ClO2. The molecule has 17 heavy (non-hydrogen) atoms. The summed E-state index contributed by atoms with van der Waals surface area (Å²) in [6.07, 6.45) is 0.914. The lowest BCUT2D eigenvalue weighted by molar-refractivity contribution is 0.0987. The van der Waals surface area contributed by atoms with E-state index in [0.29, 0.717) is 17.9 Å². The molecule has 0 saturated carbocycles. The van der Waals surface area contributed by atoms with Crippen molar-refractivity contribution in [2.45, 2.75) is 39.5 Å². The number of benzene rings is 1. The van der Waals surface area contributed by atoms with Gasteiger partial charge in [-0.1, -0.05) is 19.1 Å². The van der Waals surface area contributed by atoms with Crippen molar-refractivity contribution in [3.8, 4) is 5.75 Å². The van der Waals surface area contributed by atoms with E-state index in [0.717, 1.165) is 17.5 Å². The molecule has 1 aromatic rings. The van der Waals surface area contributed by atoms with E-state index in [1.807, 2.05) is 32.9 Å². The fourth-order valence-electron chi connectivity index (χ4n) is 1.68. The van der Waals surface area contributed by atoms with E-state index < -0.39 is 5.38 Å². The van der Waals surface area contributed by atoms with Crippen LogP contribution in [-0.4, -0.2) is 17.8 Å². The third kappa shape index (κ3) is 3.22. The Morgan fingerprint density at radius 1 is 1.35 bits per heavy atom. The maximum absolute atomic E-state index is 12.1. The number of carbonyl (C=O) groups excluding carboxylic acids is 1. The molecule has 1 atom stereocenters. The highest BCUT2D eigenvalue weighted by Crippen LogP contribution is 2.29. The van der Waals surface area contributed by atoms with Gasteiger partial charge in [0.05, 0.1) is 17.5 Å². The Bertz CT molecular complexity index is 411. The van der Waals surface area contributed by atoms with E-state index in [4.69, 9.17) is 16.3 Å². The molecular weight excluding hydrogens is 236 g/mol. The lowest BCUT2D eigenvalue weighted by Crippen LogP contribution is -2.15. The van der Waals surface area contributed by atoms with Crippen molar-refractivity contribution in [1.29, 1.82) is 0 Å². The zero-order valence-electron chi connectivity index (χ0n) is 10.8. The number of ether oxygens (including phenoxy) is 1. The summed E-state index contributed by atoms with van der Waals surface area (Å²) in [5.41, 5.74) is 2.52. The summed E-state index contributed by atoms with van der Waals surface area (Å²) >= 11 is 5.89. The van der Waals surface area contributed by atoms with Crippen molar-refractivity contribution >= 4 is 17.4 Å². The maximum atomic E-state index is 12.1. The normalized spacial score (nSPS) is 12.3. The van der Waals surface area contributed by atoms with Crippen LogP contribution < -0.4 is 4.74 Å². The Hall–Kier alpha value is -1.02. The van der Waals surface area contributed by atoms with Crippen LogP contribution in [-0.2, 0) is 0 Å². The van der Waals surface area contributed by atoms with Crippen molar-refractivity contribution in [2.24, 2.45) is 0 Å². The average Bonchev–Trinajstić information content (AvgIpc) is 2.29. The van der Waals surface area contributed by atoms with Gasteiger partial charge >= 0.3 is 0 Å². The summed E-state index contributed by atoms with van der Waals surface area (Å²) in [5.74, 6) is 0.614. The molecule has 0 aliphatic carbocycles. The van der Waals surface area contributed by atoms with E-state index in [1.54, 1.807) is 6.92 Å². The summed E-state index contributed by atoms with van der Waals surface area (Å²) in [5, 5.41) is -0.528. The topological polar surface area (TPSA) is 26.3 Å². The highest BCUT2D eigenvalue weighted by atomic mass is 35.5. The molecule has 0 amide bonds. The molecule has 0 fully saturated rings. The fraction of sp³-hybridized carbons (Fsp3) is 0.500. The van der Waals surface area contributed by atoms with Crippen LogP contribution in [0.25, 0.3) is 0 Å². The smallest absolute Gasteiger partial charge is 0.184 e. The number of rotatable bonds is 5. The van der Waals surface area contributed by atoms with Crippen molar-refractivity contribution in [3.05, 3.63) is 28.8 Å². The molecule has 0 bridgehead atoms. The Kier molecular flexibility index (Phi) is 5.01. The minimum absolute atomic E-state index is 0.0704. The molecule has 0 aliphatic heterocycles. The van der Waals surface area contributed by atoms with Crippen LogP contribution in [0, 0.1) is 13.8 Å². The molecule has 0 aliphatic rings. The van der Waals surface area contributed by atoms with Gasteiger partial charge in [-0.25, -0.2) is 0 Å². The van der Waals surface area contributed by atoms with Crippen LogP contribution in [0.4, 0.5) is 0 Å². The number of hydrogen-bond donors (Lipinski definition) is 0. The molecule has 3 heteroatoms. The lowest BCUT2D eigenvalue weighted by Gasteiger charge is -2.16. The van der Waals surface area contributed by atoms with Crippen molar-refractivity contribution in [2.75, 3.05) is 6.61 Å². The van der Waals surface area contributed by atoms with Gasteiger partial charge in [0.1, 0.15) is 5.75 Å². The Morgan fingerprint density at radius 3 is 2.47 bits per heavy atom. The van der Waals surface area contributed by atoms with Crippen LogP contribution in [0.5, 0.6) is 5.75 Å². The molecule has 0 heterocycles. The van der Waals surface area contributed by atoms with Gasteiger partial charge in [-0.05, 0) is 38.3 Å². The second kappa shape index (κ2) is 6.06. The van der Waals surface area contributed by atoms with Gasteiger partial charge in [-0.15, -0.1) is 11.6 Å². The third-order valence-electron chi connectivity index (χ3n) is 2.62. The van der Waals surface area contributed by atoms with E-state index in [-0.39, 0.29) is 5.78 Å². The summed E-state index contributed by atoms with van der Waals surface area (Å²) < 4.78 is 5.69. The van der Waals surface area contributed by atoms with Gasteiger partial charge in [-0.3, -0.25) is 4.79 Å². The first-order valence-corrected chi connectivity index (χ1v) is 6.34. The van der Waals surface area contributed by atoms with Gasteiger partial charge in [-0.2, -0.15) is 0 Å². The minimum atomic E-state index is -0.528. The number of halogens is 1. The summed E-state index contributed by atoms with van der Waals surface area (Å²) in [7, 11) is 0. The minimum Gasteiger partial charge on any atom is -0.493 e. The monoisotopic (exact) mass is 254 g/mol. The van der Waals surface area contributed by atoms with Crippen LogP contribution in [0.3, 0.4) is 0 Å². The number of aryl methyl sites for hydroxylation is 2. The predicted octanol–water partition coefficient (Wildman–Crippen LogP) is 3.90. The van der Waals surface area contributed by atoms with Gasteiger partial charge < -0.3 is 4.74 Å². The van der Waals surface area contributed by atoms with Crippen LogP contribution in [0.15, 0.2) is 12.1 Å². The number of Topliss-reactive ketones (excluding diaryl/α,β-unsaturated/α-hetero) is 1. The highest BCUT2D eigenvalue weighted by molar-refractivity contribution is 6.34. The van der Waals surface area contributed by atoms with Crippen molar-refractivity contribution < 1.29 is 9.53 Å². The summed E-state index contributed by atoms with van der Waals surface area (Å²) in [6.45, 7) is 8.19. The third-order valence-corrected chi connectivity index (χ3v) is 2.82. The van der Waals surface area contributed by atoms with Crippen LogP contribution in [0.2, 0.25) is 0 Å². The molecule has 1 aromatic carbocycles. The number of hydrogen-bond acceptors (Lipinski definition) is 2. The SMILES string of the molecule is CCCOc1c(C)ccc(C)c1C(=O)C(C)Cl. The highest BCUT2D eigenvalue weighted by Gasteiger charge is 2.21. The van der Waals surface area contributed by atoms with Gasteiger partial charge in [0.2, 0.25) is 0 Å². The zero-order chi connectivity index (χ0) is 13.0. The molecule has 2 nitrogen and oxygen atoms in total. The molecule has 1 rings (SSSR count). The molecule has 94 valence electrons. The largest absolute Gasteiger partial charge is 0.493 e. The first kappa shape index (κ1) is 14.0. The lowest BCUT2D eigenvalue weighted by atomic mass is 9.98. The summed E-state index contributed by atoms with van der Waals surface area (Å²) in [6, 6.07) is 3.90. The van der Waals surface area contributed by atoms with Crippen LogP contribution >= 0.6 is 11.6 Å². The number of carbonyl (C=O) groups is 1. The fourth-order valence-corrected chi connectivity index (χ4v) is 1.79. The Labute approximate surface area is 108 Å². The second-order valence-corrected chi connectivity index (χ2v) is 4.89. The van der Waals surface area contributed by atoms with Crippen molar-refractivity contribution in [1.82, 2.24) is 0 Å². The molecule has 0 radical (unpaired) electrons. The molecule has 0 aromatic heterocycles. The Balaban J connectivity index is 3.24.